The molecule has 0 saturated carbocycles. The minimum atomic E-state index is -0.889. The number of benzene rings is 1. The van der Waals surface area contributed by atoms with Gasteiger partial charge >= 0.3 is 6.16 Å². The molecule has 0 bridgehead atoms. The average Bonchev–Trinajstić information content (AvgIpc) is 2.84. The fraction of sp³-hybridized carbons (Fsp3) is 0.611. The van der Waals surface area contributed by atoms with Gasteiger partial charge in [-0.3, -0.25) is 0 Å². The van der Waals surface area contributed by atoms with Crippen LogP contribution in [-0.4, -0.2) is 28.6 Å². The summed E-state index contributed by atoms with van der Waals surface area (Å²) < 4.78 is 23.6. The van der Waals surface area contributed by atoms with Crippen LogP contribution in [-0.2, 0) is 14.3 Å². The highest BCUT2D eigenvalue weighted by Crippen LogP contribution is 2.41. The van der Waals surface area contributed by atoms with Gasteiger partial charge in [0.15, 0.2) is 6.10 Å². The van der Waals surface area contributed by atoms with E-state index in [0.29, 0.717) is 5.56 Å². The minimum Gasteiger partial charge on any atom is -0.419 e. The van der Waals surface area contributed by atoms with Crippen molar-refractivity contribution in [2.75, 3.05) is 0 Å². The molecule has 6 heteroatoms. The molecule has 0 amide bonds. The number of hydrogen-bond acceptors (Lipinski definition) is 5. The third kappa shape index (κ3) is 3.26. The molecule has 2 saturated heterocycles. The van der Waals surface area contributed by atoms with E-state index in [2.05, 4.69) is 27.7 Å². The first-order valence-corrected chi connectivity index (χ1v) is 8.29. The number of ether oxygens (including phenoxy) is 2. The molecular weight excluding hydrogens is 313 g/mol. The van der Waals surface area contributed by atoms with E-state index in [-0.39, 0.29) is 16.9 Å². The molecule has 0 unspecified atom stereocenters. The summed E-state index contributed by atoms with van der Waals surface area (Å²) >= 11 is 0. The van der Waals surface area contributed by atoms with E-state index < -0.39 is 18.5 Å². The second-order valence-corrected chi connectivity index (χ2v) is 7.70. The molecule has 0 radical (unpaired) electrons. The Morgan fingerprint density at radius 3 is 2.25 bits per heavy atom. The van der Waals surface area contributed by atoms with Gasteiger partial charge in [-0.05, 0) is 64.7 Å². The van der Waals surface area contributed by atoms with Crippen molar-refractivity contribution in [2.24, 2.45) is 0 Å². The molecule has 2 heterocycles. The molecule has 5 nitrogen and oxygen atoms in total. The van der Waals surface area contributed by atoms with Crippen LogP contribution in [0.25, 0.3) is 0 Å². The van der Waals surface area contributed by atoms with Crippen molar-refractivity contribution in [2.45, 2.75) is 70.4 Å². The summed E-state index contributed by atoms with van der Waals surface area (Å²) in [7, 11) is 0. The summed E-state index contributed by atoms with van der Waals surface area (Å²) in [6.45, 7) is 8.44. The first-order chi connectivity index (χ1) is 11.2. The Bertz CT molecular complexity index is 598. The first kappa shape index (κ1) is 17.2. The van der Waals surface area contributed by atoms with Gasteiger partial charge in [-0.2, -0.15) is 5.06 Å². The average molecular weight is 337 g/mol. The van der Waals surface area contributed by atoms with Crippen molar-refractivity contribution in [1.29, 1.82) is 0 Å². The molecule has 2 atom stereocenters. The molecule has 132 valence electrons. The largest absolute Gasteiger partial charge is 0.511 e. The third-order valence-corrected chi connectivity index (χ3v) is 4.77. The topological polar surface area (TPSA) is 48.0 Å². The molecule has 1 aromatic carbocycles. The van der Waals surface area contributed by atoms with Gasteiger partial charge in [0.05, 0.1) is 0 Å². The van der Waals surface area contributed by atoms with Crippen molar-refractivity contribution in [3.63, 3.8) is 0 Å². The predicted molar refractivity (Wildman–Crippen MR) is 85.4 cm³/mol. The fourth-order valence-corrected chi connectivity index (χ4v) is 3.66. The normalized spacial score (nSPS) is 29.1. The van der Waals surface area contributed by atoms with Crippen LogP contribution in [0.5, 0.6) is 0 Å². The smallest absolute Gasteiger partial charge is 0.419 e. The second-order valence-electron chi connectivity index (χ2n) is 7.70. The van der Waals surface area contributed by atoms with Gasteiger partial charge in [0.1, 0.15) is 5.82 Å². The molecule has 24 heavy (non-hydrogen) atoms. The lowest BCUT2D eigenvalue weighted by atomic mass is 9.82. The summed E-state index contributed by atoms with van der Waals surface area (Å²) in [6.07, 6.45) is 0.703. The predicted octanol–water partition coefficient (Wildman–Crippen LogP) is 4.33. The van der Waals surface area contributed by atoms with Gasteiger partial charge in [-0.15, -0.1) is 0 Å². The molecule has 0 aliphatic carbocycles. The van der Waals surface area contributed by atoms with Crippen LogP contribution < -0.4 is 0 Å². The molecule has 3 rings (SSSR count). The Balaban J connectivity index is 1.83. The van der Waals surface area contributed by atoms with E-state index in [1.807, 2.05) is 5.06 Å². The highest BCUT2D eigenvalue weighted by Gasteiger charge is 2.48. The van der Waals surface area contributed by atoms with Gasteiger partial charge in [-0.1, -0.05) is 12.1 Å². The third-order valence-electron chi connectivity index (χ3n) is 4.77. The standard InChI is InChI=1S/C18H24FNO4/c1-17(2)10-5-11-18(3,4)20(17)24-15-14(22-16(21)23-15)12-6-8-13(19)9-7-12/h6-9,14-15H,5,10-11H2,1-4H3/t14-,15-/m1/s1. The van der Waals surface area contributed by atoms with E-state index in [4.69, 9.17) is 14.3 Å². The number of nitrogens with zero attached hydrogens (tertiary/aromatic N) is 1. The second kappa shape index (κ2) is 6.01. The Hall–Kier alpha value is -1.66. The quantitative estimate of drug-likeness (QED) is 0.768. The maximum absolute atomic E-state index is 13.1. The molecule has 0 aromatic heterocycles. The van der Waals surface area contributed by atoms with Crippen LogP contribution in [0, 0.1) is 5.82 Å². The number of halogens is 1. The van der Waals surface area contributed by atoms with Gasteiger partial charge in [0, 0.05) is 11.1 Å². The Kier molecular flexibility index (Phi) is 4.30. The van der Waals surface area contributed by atoms with E-state index in [1.165, 1.54) is 12.1 Å². The van der Waals surface area contributed by atoms with Crippen LogP contribution in [0.2, 0.25) is 0 Å². The highest BCUT2D eigenvalue weighted by atomic mass is 19.1. The summed E-state index contributed by atoms with van der Waals surface area (Å²) in [5, 5.41) is 1.92. The van der Waals surface area contributed by atoms with E-state index in [9.17, 15) is 9.18 Å². The molecule has 2 aliphatic rings. The molecular formula is C18H24FNO4. The van der Waals surface area contributed by atoms with Gasteiger partial charge in [-0.25, -0.2) is 14.0 Å². The maximum Gasteiger partial charge on any atom is 0.511 e. The summed E-state index contributed by atoms with van der Waals surface area (Å²) in [6, 6.07) is 5.80. The van der Waals surface area contributed by atoms with Crippen LogP contribution >= 0.6 is 0 Å². The number of hydrogen-bond donors (Lipinski definition) is 0. The lowest BCUT2D eigenvalue weighted by Crippen LogP contribution is -2.59. The fourth-order valence-electron chi connectivity index (χ4n) is 3.66. The number of carbonyl (C=O) groups is 1. The van der Waals surface area contributed by atoms with Crippen LogP contribution in [0.4, 0.5) is 9.18 Å². The van der Waals surface area contributed by atoms with Crippen LogP contribution in [0.1, 0.15) is 58.6 Å². The Morgan fingerprint density at radius 2 is 1.67 bits per heavy atom. The number of carbonyl (C=O) groups excluding carboxylic acids is 1. The molecule has 2 fully saturated rings. The van der Waals surface area contributed by atoms with Crippen molar-refractivity contribution >= 4 is 6.16 Å². The molecule has 0 N–H and O–H groups in total. The van der Waals surface area contributed by atoms with Gasteiger partial charge < -0.3 is 9.47 Å². The summed E-state index contributed by atoms with van der Waals surface area (Å²) in [4.78, 5) is 17.8. The van der Waals surface area contributed by atoms with Gasteiger partial charge in [0.2, 0.25) is 0 Å². The molecule has 1 aromatic rings. The zero-order chi connectivity index (χ0) is 17.5. The number of hydroxylamine groups is 2. The van der Waals surface area contributed by atoms with E-state index >= 15 is 0 Å². The molecule has 2 aliphatic heterocycles. The Labute approximate surface area is 141 Å². The number of cyclic esters (lactones) is 2. The van der Waals surface area contributed by atoms with E-state index in [1.54, 1.807) is 12.1 Å². The number of piperidine rings is 1. The van der Waals surface area contributed by atoms with E-state index in [0.717, 1.165) is 19.3 Å². The minimum absolute atomic E-state index is 0.190. The van der Waals surface area contributed by atoms with Crippen molar-refractivity contribution in [3.8, 4) is 0 Å². The number of rotatable bonds is 3. The lowest BCUT2D eigenvalue weighted by molar-refractivity contribution is -0.344. The van der Waals surface area contributed by atoms with Gasteiger partial charge in [0.25, 0.3) is 6.29 Å². The van der Waals surface area contributed by atoms with Crippen molar-refractivity contribution in [3.05, 3.63) is 35.6 Å². The molecule has 0 spiro atoms. The lowest BCUT2D eigenvalue weighted by Gasteiger charge is -2.51. The zero-order valence-corrected chi connectivity index (χ0v) is 14.5. The summed E-state index contributed by atoms with van der Waals surface area (Å²) in [5.41, 5.74) is 0.258. The maximum atomic E-state index is 13.1. The van der Waals surface area contributed by atoms with Crippen LogP contribution in [0.15, 0.2) is 24.3 Å². The Morgan fingerprint density at radius 1 is 1.08 bits per heavy atom. The van der Waals surface area contributed by atoms with Crippen molar-refractivity contribution in [1.82, 2.24) is 5.06 Å². The van der Waals surface area contributed by atoms with Crippen molar-refractivity contribution < 1.29 is 23.5 Å². The SMILES string of the molecule is CC1(C)CCCC(C)(C)N1O[C@H]1OC(=O)O[C@@H]1c1ccc(F)cc1. The summed E-state index contributed by atoms with van der Waals surface area (Å²) in [5.74, 6) is -0.347. The van der Waals surface area contributed by atoms with Crippen LogP contribution in [0.3, 0.4) is 0 Å². The zero-order valence-electron chi connectivity index (χ0n) is 14.5. The highest BCUT2D eigenvalue weighted by molar-refractivity contribution is 5.62. The monoisotopic (exact) mass is 337 g/mol. The first-order valence-electron chi connectivity index (χ1n) is 8.29.